The fourth-order valence-corrected chi connectivity index (χ4v) is 1.24. The first-order chi connectivity index (χ1) is 6.27. The molecule has 3 N–H and O–H groups in total. The van der Waals surface area contributed by atoms with E-state index in [9.17, 15) is 4.79 Å². The molecule has 2 rings (SSSR count). The molecule has 1 aliphatic heterocycles. The van der Waals surface area contributed by atoms with E-state index in [0.29, 0.717) is 5.56 Å². The fraction of sp³-hybridized carbons (Fsp3) is 0.111. The normalized spacial score (nSPS) is 13.2. The van der Waals surface area contributed by atoms with E-state index < -0.39 is 5.91 Å². The number of aliphatic imine (C=N–C) groups is 1. The summed E-state index contributed by atoms with van der Waals surface area (Å²) in [6.07, 6.45) is 1.76. The summed E-state index contributed by atoms with van der Waals surface area (Å²) >= 11 is 0. The molecule has 0 saturated carbocycles. The minimum atomic E-state index is -0.427. The zero-order valence-electron chi connectivity index (χ0n) is 6.95. The van der Waals surface area contributed by atoms with Crippen LogP contribution >= 0.6 is 0 Å². The van der Waals surface area contributed by atoms with Crippen LogP contribution in [0, 0.1) is 0 Å². The lowest BCUT2D eigenvalue weighted by Crippen LogP contribution is -2.12. The van der Waals surface area contributed by atoms with Crippen molar-refractivity contribution >= 4 is 23.5 Å². The first kappa shape index (κ1) is 7.79. The summed E-state index contributed by atoms with van der Waals surface area (Å²) in [6.45, 7) is 0.725. The zero-order chi connectivity index (χ0) is 9.26. The van der Waals surface area contributed by atoms with Crippen molar-refractivity contribution in [2.45, 2.75) is 0 Å². The van der Waals surface area contributed by atoms with E-state index in [4.69, 9.17) is 5.73 Å². The van der Waals surface area contributed by atoms with Crippen molar-refractivity contribution in [2.24, 2.45) is 10.7 Å². The minimum absolute atomic E-state index is 0.427. The van der Waals surface area contributed by atoms with Crippen LogP contribution in [0.15, 0.2) is 23.2 Å². The van der Waals surface area contributed by atoms with Gasteiger partial charge in [-0.2, -0.15) is 0 Å². The highest BCUT2D eigenvalue weighted by atomic mass is 16.1. The van der Waals surface area contributed by atoms with Crippen molar-refractivity contribution in [2.75, 3.05) is 11.9 Å². The van der Waals surface area contributed by atoms with Gasteiger partial charge < -0.3 is 11.1 Å². The van der Waals surface area contributed by atoms with Crippen molar-refractivity contribution < 1.29 is 4.79 Å². The Bertz CT molecular complexity index is 384. The highest BCUT2D eigenvalue weighted by Gasteiger charge is 2.07. The molecule has 66 valence electrons. The topological polar surface area (TPSA) is 67.5 Å². The largest absolute Gasteiger partial charge is 0.378 e. The van der Waals surface area contributed by atoms with Gasteiger partial charge >= 0.3 is 0 Å². The van der Waals surface area contributed by atoms with Gasteiger partial charge in [0, 0.05) is 11.8 Å². The van der Waals surface area contributed by atoms with Crippen LogP contribution in [0.25, 0.3) is 0 Å². The number of amides is 1. The van der Waals surface area contributed by atoms with E-state index in [-0.39, 0.29) is 0 Å². The molecule has 0 saturated heterocycles. The van der Waals surface area contributed by atoms with Gasteiger partial charge in [-0.3, -0.25) is 9.79 Å². The number of hydrogen-bond donors (Lipinski definition) is 2. The summed E-state index contributed by atoms with van der Waals surface area (Å²) in [5.41, 5.74) is 7.33. The highest BCUT2D eigenvalue weighted by molar-refractivity contribution is 5.95. The van der Waals surface area contributed by atoms with E-state index in [1.165, 1.54) is 0 Å². The third-order valence-corrected chi connectivity index (χ3v) is 1.90. The molecule has 0 radical (unpaired) electrons. The van der Waals surface area contributed by atoms with Crippen molar-refractivity contribution in [1.29, 1.82) is 0 Å². The summed E-state index contributed by atoms with van der Waals surface area (Å²) in [6, 6.07) is 5.18. The molecule has 0 fully saturated rings. The molecule has 13 heavy (non-hydrogen) atoms. The van der Waals surface area contributed by atoms with Gasteiger partial charge in [-0.15, -0.1) is 0 Å². The second-order valence-corrected chi connectivity index (χ2v) is 2.79. The van der Waals surface area contributed by atoms with Crippen molar-refractivity contribution in [3.8, 4) is 0 Å². The van der Waals surface area contributed by atoms with Crippen LogP contribution in [0.3, 0.4) is 0 Å². The van der Waals surface area contributed by atoms with Gasteiger partial charge in [0.15, 0.2) is 0 Å². The predicted molar refractivity (Wildman–Crippen MR) is 51.6 cm³/mol. The Morgan fingerprint density at radius 3 is 3.15 bits per heavy atom. The summed E-state index contributed by atoms with van der Waals surface area (Å²) in [5, 5.41) is 3.13. The van der Waals surface area contributed by atoms with Crippen LogP contribution < -0.4 is 11.1 Å². The molecule has 1 amide bonds. The molecule has 0 spiro atoms. The van der Waals surface area contributed by atoms with Gasteiger partial charge in [-0.25, -0.2) is 0 Å². The van der Waals surface area contributed by atoms with Crippen LogP contribution in [0.2, 0.25) is 0 Å². The van der Waals surface area contributed by atoms with E-state index in [2.05, 4.69) is 10.3 Å². The van der Waals surface area contributed by atoms with Gasteiger partial charge in [0.25, 0.3) is 0 Å². The molecule has 1 heterocycles. The number of carbonyl (C=O) groups is 1. The number of nitrogens with one attached hydrogen (secondary N) is 1. The van der Waals surface area contributed by atoms with Crippen LogP contribution in [0.1, 0.15) is 10.4 Å². The zero-order valence-corrected chi connectivity index (χ0v) is 6.95. The first-order valence-electron chi connectivity index (χ1n) is 3.97. The third kappa shape index (κ3) is 1.38. The van der Waals surface area contributed by atoms with Crippen molar-refractivity contribution in [3.63, 3.8) is 0 Å². The van der Waals surface area contributed by atoms with Gasteiger partial charge in [-0.05, 0) is 18.2 Å². The van der Waals surface area contributed by atoms with Crippen molar-refractivity contribution in [1.82, 2.24) is 0 Å². The van der Waals surface area contributed by atoms with E-state index >= 15 is 0 Å². The lowest BCUT2D eigenvalue weighted by molar-refractivity contribution is 0.100. The number of nitrogens with two attached hydrogens (primary N) is 1. The van der Waals surface area contributed by atoms with Crippen LogP contribution in [-0.2, 0) is 0 Å². The van der Waals surface area contributed by atoms with Crippen LogP contribution in [0.4, 0.5) is 11.4 Å². The van der Waals surface area contributed by atoms with Crippen LogP contribution in [-0.4, -0.2) is 18.7 Å². The molecule has 4 heteroatoms. The minimum Gasteiger partial charge on any atom is -0.378 e. The molecule has 0 bridgehead atoms. The molecule has 0 unspecified atom stereocenters. The van der Waals surface area contributed by atoms with E-state index in [0.717, 1.165) is 17.9 Å². The number of nitrogens with zero attached hydrogens (tertiary/aromatic N) is 1. The second kappa shape index (κ2) is 2.90. The lowest BCUT2D eigenvalue weighted by atomic mass is 10.1. The molecule has 1 aromatic carbocycles. The first-order valence-corrected chi connectivity index (χ1v) is 3.97. The van der Waals surface area contributed by atoms with E-state index in [1.807, 2.05) is 6.07 Å². The monoisotopic (exact) mass is 175 g/mol. The SMILES string of the molecule is NC(=O)c1ccc2c(c1)N=CCN2. The summed E-state index contributed by atoms with van der Waals surface area (Å²) in [4.78, 5) is 15.0. The van der Waals surface area contributed by atoms with Gasteiger partial charge in [0.2, 0.25) is 5.91 Å². The Hall–Kier alpha value is -1.84. The Labute approximate surface area is 75.5 Å². The number of rotatable bonds is 1. The molecular formula is C9H9N3O. The number of fused-ring (bicyclic) bond motifs is 1. The standard InChI is InChI=1S/C9H9N3O/c10-9(13)6-1-2-7-8(5-6)12-4-3-11-7/h1-2,4-5,11H,3H2,(H2,10,13). The number of primary amides is 1. The Morgan fingerprint density at radius 2 is 2.38 bits per heavy atom. The Morgan fingerprint density at radius 1 is 1.54 bits per heavy atom. The molecule has 1 aromatic rings. The maximum Gasteiger partial charge on any atom is 0.248 e. The number of hydrogen-bond acceptors (Lipinski definition) is 3. The highest BCUT2D eigenvalue weighted by Crippen LogP contribution is 2.27. The average molecular weight is 175 g/mol. The molecular weight excluding hydrogens is 166 g/mol. The van der Waals surface area contributed by atoms with Crippen LogP contribution in [0.5, 0.6) is 0 Å². The van der Waals surface area contributed by atoms with Gasteiger partial charge in [0.05, 0.1) is 17.9 Å². The summed E-state index contributed by atoms with van der Waals surface area (Å²) < 4.78 is 0. The van der Waals surface area contributed by atoms with Gasteiger partial charge in [-0.1, -0.05) is 0 Å². The van der Waals surface area contributed by atoms with E-state index in [1.54, 1.807) is 18.3 Å². The average Bonchev–Trinajstić information content (AvgIpc) is 2.17. The summed E-state index contributed by atoms with van der Waals surface area (Å²) in [5.74, 6) is -0.427. The molecule has 4 nitrogen and oxygen atoms in total. The molecule has 0 atom stereocenters. The number of carbonyl (C=O) groups excluding carboxylic acids is 1. The van der Waals surface area contributed by atoms with Crippen molar-refractivity contribution in [3.05, 3.63) is 23.8 Å². The Kier molecular flexibility index (Phi) is 1.73. The fourth-order valence-electron chi connectivity index (χ4n) is 1.24. The number of benzene rings is 1. The predicted octanol–water partition coefficient (Wildman–Crippen LogP) is 0.913. The quantitative estimate of drug-likeness (QED) is 0.666. The smallest absolute Gasteiger partial charge is 0.248 e. The molecule has 0 aliphatic carbocycles. The maximum atomic E-state index is 10.8. The molecule has 0 aromatic heterocycles. The number of anilines is 1. The Balaban J connectivity index is 2.48. The summed E-state index contributed by atoms with van der Waals surface area (Å²) in [7, 11) is 0. The maximum absolute atomic E-state index is 10.8. The second-order valence-electron chi connectivity index (χ2n) is 2.79. The molecule has 1 aliphatic rings. The third-order valence-electron chi connectivity index (χ3n) is 1.90. The lowest BCUT2D eigenvalue weighted by Gasteiger charge is -2.12. The van der Waals surface area contributed by atoms with Gasteiger partial charge in [0.1, 0.15) is 0 Å².